The van der Waals surface area contributed by atoms with Crippen molar-refractivity contribution < 1.29 is 14.3 Å². The molecular formula is C8H12NO3. The third-order valence-electron chi connectivity index (χ3n) is 1.80. The summed E-state index contributed by atoms with van der Waals surface area (Å²) in [5.74, 6) is 0.0293. The second-order valence-corrected chi connectivity index (χ2v) is 2.64. The summed E-state index contributed by atoms with van der Waals surface area (Å²) >= 11 is 0. The summed E-state index contributed by atoms with van der Waals surface area (Å²) in [7, 11) is 0. The fourth-order valence-corrected chi connectivity index (χ4v) is 1.13. The monoisotopic (exact) mass is 170 g/mol. The Kier molecular flexibility index (Phi) is 3.73. The van der Waals surface area contributed by atoms with Crippen LogP contribution in [0.25, 0.3) is 0 Å². The first kappa shape index (κ1) is 9.19. The third-order valence-corrected chi connectivity index (χ3v) is 1.80. The average Bonchev–Trinajstić information content (AvgIpc) is 2.15. The lowest BCUT2D eigenvalue weighted by Gasteiger charge is -2.26. The molecule has 0 aromatic heterocycles. The lowest BCUT2D eigenvalue weighted by Crippen LogP contribution is -2.40. The number of amides is 1. The van der Waals surface area contributed by atoms with Crippen molar-refractivity contribution in [2.45, 2.75) is 12.8 Å². The Morgan fingerprint density at radius 2 is 2.08 bits per heavy atom. The van der Waals surface area contributed by atoms with Gasteiger partial charge in [-0.3, -0.25) is 9.59 Å². The van der Waals surface area contributed by atoms with Gasteiger partial charge in [-0.2, -0.15) is 0 Å². The molecule has 1 aliphatic heterocycles. The van der Waals surface area contributed by atoms with Crippen molar-refractivity contribution in [3.05, 3.63) is 0 Å². The normalized spacial score (nSPS) is 17.5. The lowest BCUT2D eigenvalue weighted by atomic mass is 10.3. The van der Waals surface area contributed by atoms with E-state index in [1.54, 1.807) is 11.2 Å². The third kappa shape index (κ3) is 2.62. The molecule has 0 unspecified atom stereocenters. The molecule has 0 bridgehead atoms. The van der Waals surface area contributed by atoms with Gasteiger partial charge in [0.25, 0.3) is 0 Å². The van der Waals surface area contributed by atoms with Gasteiger partial charge < -0.3 is 9.64 Å². The van der Waals surface area contributed by atoms with E-state index in [0.29, 0.717) is 26.3 Å². The Hall–Kier alpha value is -0.900. The van der Waals surface area contributed by atoms with Crippen LogP contribution in [0.5, 0.6) is 0 Å². The number of ether oxygens (including phenoxy) is 1. The molecular weight excluding hydrogens is 158 g/mol. The number of carbonyl (C=O) groups is 1. The van der Waals surface area contributed by atoms with Crippen LogP contribution in [0.1, 0.15) is 12.8 Å². The highest BCUT2D eigenvalue weighted by Crippen LogP contribution is 2.00. The summed E-state index contributed by atoms with van der Waals surface area (Å²) in [6.07, 6.45) is 2.19. The number of nitrogens with zero attached hydrogens (tertiary/aromatic N) is 1. The number of hydrogen-bond donors (Lipinski definition) is 0. The molecule has 12 heavy (non-hydrogen) atoms. The highest BCUT2D eigenvalue weighted by atomic mass is 16.5. The molecule has 1 amide bonds. The molecule has 1 heterocycles. The molecule has 4 nitrogen and oxygen atoms in total. The lowest BCUT2D eigenvalue weighted by molar-refractivity contribution is -0.135. The van der Waals surface area contributed by atoms with Gasteiger partial charge in [0.15, 0.2) is 6.29 Å². The Balaban J connectivity index is 2.24. The largest absolute Gasteiger partial charge is 0.378 e. The summed E-state index contributed by atoms with van der Waals surface area (Å²) in [5, 5.41) is 0. The molecule has 1 radical (unpaired) electrons. The van der Waals surface area contributed by atoms with Gasteiger partial charge in [-0.25, -0.2) is 0 Å². The molecule has 1 saturated heterocycles. The van der Waals surface area contributed by atoms with E-state index in [1.165, 1.54) is 0 Å². The van der Waals surface area contributed by atoms with E-state index >= 15 is 0 Å². The van der Waals surface area contributed by atoms with Crippen molar-refractivity contribution in [1.29, 1.82) is 0 Å². The maximum atomic E-state index is 11.2. The fraction of sp³-hybridized carbons (Fsp3) is 0.750. The highest BCUT2D eigenvalue weighted by molar-refractivity contribution is 5.78. The SMILES string of the molecule is O=[C]CCC(=O)N1CCOCC1. The zero-order valence-electron chi connectivity index (χ0n) is 6.91. The van der Waals surface area contributed by atoms with Crippen LogP contribution in [0.15, 0.2) is 0 Å². The highest BCUT2D eigenvalue weighted by Gasteiger charge is 2.15. The maximum absolute atomic E-state index is 11.2. The van der Waals surface area contributed by atoms with Gasteiger partial charge in [-0.05, 0) is 0 Å². The number of morpholine rings is 1. The first-order valence-electron chi connectivity index (χ1n) is 4.05. The maximum Gasteiger partial charge on any atom is 0.223 e. The Labute approximate surface area is 71.5 Å². The molecule has 0 aromatic carbocycles. The summed E-state index contributed by atoms with van der Waals surface area (Å²) in [6.45, 7) is 2.52. The summed E-state index contributed by atoms with van der Waals surface area (Å²) < 4.78 is 5.08. The molecule has 4 heteroatoms. The van der Waals surface area contributed by atoms with E-state index < -0.39 is 0 Å². The first-order chi connectivity index (χ1) is 5.84. The van der Waals surface area contributed by atoms with E-state index in [1.807, 2.05) is 0 Å². The van der Waals surface area contributed by atoms with Crippen molar-refractivity contribution in [2.24, 2.45) is 0 Å². The molecule has 0 saturated carbocycles. The number of hydrogen-bond acceptors (Lipinski definition) is 3. The minimum Gasteiger partial charge on any atom is -0.378 e. The van der Waals surface area contributed by atoms with Crippen LogP contribution in [-0.4, -0.2) is 43.4 Å². The zero-order valence-corrected chi connectivity index (χ0v) is 6.91. The Bertz CT molecular complexity index is 164. The van der Waals surface area contributed by atoms with Crippen molar-refractivity contribution in [3.63, 3.8) is 0 Å². The quantitative estimate of drug-likeness (QED) is 0.586. The molecule has 67 valence electrons. The molecule has 1 aliphatic rings. The second kappa shape index (κ2) is 4.87. The van der Waals surface area contributed by atoms with Gasteiger partial charge in [0.05, 0.1) is 13.2 Å². The van der Waals surface area contributed by atoms with E-state index in [4.69, 9.17) is 4.74 Å². The van der Waals surface area contributed by atoms with Crippen LogP contribution in [0, 0.1) is 0 Å². The topological polar surface area (TPSA) is 46.6 Å². The first-order valence-corrected chi connectivity index (χ1v) is 4.05. The standard InChI is InChI=1S/C8H12NO3/c10-5-1-2-8(11)9-3-6-12-7-4-9/h1-4,6-7H2. The minimum atomic E-state index is 0.0293. The van der Waals surface area contributed by atoms with Gasteiger partial charge in [-0.1, -0.05) is 0 Å². The van der Waals surface area contributed by atoms with E-state index in [2.05, 4.69) is 0 Å². The van der Waals surface area contributed by atoms with Crippen LogP contribution in [-0.2, 0) is 14.3 Å². The van der Waals surface area contributed by atoms with E-state index in [-0.39, 0.29) is 18.7 Å². The summed E-state index contributed by atoms with van der Waals surface area (Å²) in [4.78, 5) is 22.8. The predicted molar refractivity (Wildman–Crippen MR) is 42.3 cm³/mol. The smallest absolute Gasteiger partial charge is 0.223 e. The van der Waals surface area contributed by atoms with Gasteiger partial charge in [0, 0.05) is 25.9 Å². The molecule has 0 atom stereocenters. The number of rotatable bonds is 3. The molecule has 1 rings (SSSR count). The molecule has 1 fully saturated rings. The van der Waals surface area contributed by atoms with Crippen LogP contribution >= 0.6 is 0 Å². The van der Waals surface area contributed by atoms with Crippen molar-refractivity contribution >= 4 is 12.2 Å². The van der Waals surface area contributed by atoms with Crippen LogP contribution < -0.4 is 0 Å². The predicted octanol–water partition coefficient (Wildman–Crippen LogP) is -0.265. The molecule has 0 aromatic rings. The van der Waals surface area contributed by atoms with Crippen LogP contribution in [0.2, 0.25) is 0 Å². The molecule has 0 N–H and O–H groups in total. The fourth-order valence-electron chi connectivity index (χ4n) is 1.13. The molecule has 0 spiro atoms. The Morgan fingerprint density at radius 3 is 2.67 bits per heavy atom. The van der Waals surface area contributed by atoms with Crippen LogP contribution in [0.4, 0.5) is 0 Å². The van der Waals surface area contributed by atoms with Gasteiger partial charge >= 0.3 is 0 Å². The average molecular weight is 170 g/mol. The minimum absolute atomic E-state index is 0.0293. The van der Waals surface area contributed by atoms with Gasteiger partial charge in [0.1, 0.15) is 0 Å². The van der Waals surface area contributed by atoms with Gasteiger partial charge in [0.2, 0.25) is 5.91 Å². The van der Waals surface area contributed by atoms with E-state index in [9.17, 15) is 9.59 Å². The molecule has 0 aliphatic carbocycles. The number of carbonyl (C=O) groups excluding carboxylic acids is 2. The van der Waals surface area contributed by atoms with E-state index in [0.717, 1.165) is 0 Å². The van der Waals surface area contributed by atoms with Crippen molar-refractivity contribution in [3.8, 4) is 0 Å². The second-order valence-electron chi connectivity index (χ2n) is 2.64. The van der Waals surface area contributed by atoms with Gasteiger partial charge in [-0.15, -0.1) is 0 Å². The van der Waals surface area contributed by atoms with Crippen molar-refractivity contribution in [1.82, 2.24) is 4.90 Å². The zero-order chi connectivity index (χ0) is 8.81. The van der Waals surface area contributed by atoms with Crippen molar-refractivity contribution in [2.75, 3.05) is 26.3 Å². The summed E-state index contributed by atoms with van der Waals surface area (Å²) in [6, 6.07) is 0. The summed E-state index contributed by atoms with van der Waals surface area (Å²) in [5.41, 5.74) is 0. The van der Waals surface area contributed by atoms with Crippen LogP contribution in [0.3, 0.4) is 0 Å². The Morgan fingerprint density at radius 1 is 1.42 bits per heavy atom.